The van der Waals surface area contributed by atoms with Crippen LogP contribution in [0.3, 0.4) is 0 Å². The van der Waals surface area contributed by atoms with Crippen LogP contribution < -0.4 is 4.90 Å². The lowest BCUT2D eigenvalue weighted by atomic mass is 10.2. The molecule has 2 aliphatic heterocycles. The SMILES string of the molecule is C[C@H]1CN(C[C@@H](O)CN2CCOCC2)CCN1c1nccs1. The smallest absolute Gasteiger partial charge is 0.185 e. The van der Waals surface area contributed by atoms with Crippen molar-refractivity contribution in [1.82, 2.24) is 14.8 Å². The third-order valence-electron chi connectivity index (χ3n) is 4.42. The second-order valence-electron chi connectivity index (χ2n) is 6.18. The van der Waals surface area contributed by atoms with Gasteiger partial charge in [0.2, 0.25) is 0 Å². The average Bonchev–Trinajstić information content (AvgIpc) is 3.02. The molecule has 0 radical (unpaired) electrons. The number of aromatic nitrogens is 1. The molecule has 1 N–H and O–H groups in total. The van der Waals surface area contributed by atoms with Gasteiger partial charge in [-0.1, -0.05) is 0 Å². The number of morpholine rings is 1. The molecule has 2 fully saturated rings. The Morgan fingerprint density at radius 1 is 1.27 bits per heavy atom. The van der Waals surface area contributed by atoms with E-state index in [1.807, 2.05) is 11.6 Å². The second-order valence-corrected chi connectivity index (χ2v) is 7.06. The number of aliphatic hydroxyl groups excluding tert-OH is 1. The maximum Gasteiger partial charge on any atom is 0.185 e. The van der Waals surface area contributed by atoms with Crippen molar-refractivity contribution in [3.63, 3.8) is 0 Å². The number of anilines is 1. The van der Waals surface area contributed by atoms with Crippen LogP contribution in [0, 0.1) is 0 Å². The van der Waals surface area contributed by atoms with E-state index in [-0.39, 0.29) is 6.10 Å². The Bertz CT molecular complexity index is 439. The van der Waals surface area contributed by atoms with Gasteiger partial charge in [-0.3, -0.25) is 9.80 Å². The number of piperazine rings is 1. The van der Waals surface area contributed by atoms with Crippen molar-refractivity contribution in [3.8, 4) is 0 Å². The first-order valence-electron chi connectivity index (χ1n) is 8.09. The van der Waals surface area contributed by atoms with Gasteiger partial charge < -0.3 is 14.7 Å². The summed E-state index contributed by atoms with van der Waals surface area (Å²) in [4.78, 5) is 11.5. The quantitative estimate of drug-likeness (QED) is 0.842. The van der Waals surface area contributed by atoms with Crippen molar-refractivity contribution in [1.29, 1.82) is 0 Å². The van der Waals surface area contributed by atoms with E-state index >= 15 is 0 Å². The molecule has 22 heavy (non-hydrogen) atoms. The molecule has 0 saturated carbocycles. The van der Waals surface area contributed by atoms with Gasteiger partial charge in [0.1, 0.15) is 0 Å². The van der Waals surface area contributed by atoms with Gasteiger partial charge in [0, 0.05) is 63.4 Å². The van der Waals surface area contributed by atoms with Crippen LogP contribution in [0.25, 0.3) is 0 Å². The molecule has 1 aromatic heterocycles. The van der Waals surface area contributed by atoms with Gasteiger partial charge in [-0.15, -0.1) is 11.3 Å². The van der Waals surface area contributed by atoms with Gasteiger partial charge in [-0.25, -0.2) is 4.98 Å². The number of nitrogens with zero attached hydrogens (tertiary/aromatic N) is 4. The molecule has 3 rings (SSSR count). The number of thiazole rings is 1. The van der Waals surface area contributed by atoms with E-state index in [0.29, 0.717) is 6.04 Å². The predicted octanol–water partition coefficient (Wildman–Crippen LogP) is 0.347. The maximum absolute atomic E-state index is 10.3. The van der Waals surface area contributed by atoms with Crippen LogP contribution in [0.4, 0.5) is 5.13 Å². The standard InChI is InChI=1S/C15H26N4O2S/c1-13-10-18(3-4-19(13)15-16-2-9-22-15)12-14(20)11-17-5-7-21-8-6-17/h2,9,13-14,20H,3-8,10-12H2,1H3/t13-,14-/m0/s1. The molecular formula is C15H26N4O2S. The van der Waals surface area contributed by atoms with Crippen LogP contribution in [0.5, 0.6) is 0 Å². The van der Waals surface area contributed by atoms with Crippen LogP contribution in [-0.4, -0.2) is 91.1 Å². The maximum atomic E-state index is 10.3. The third kappa shape index (κ3) is 4.17. The molecule has 2 atom stereocenters. The lowest BCUT2D eigenvalue weighted by Crippen LogP contribution is -2.54. The molecule has 3 heterocycles. The Balaban J connectivity index is 1.44. The van der Waals surface area contributed by atoms with Gasteiger partial charge in [0.25, 0.3) is 0 Å². The van der Waals surface area contributed by atoms with E-state index in [1.54, 1.807) is 11.3 Å². The lowest BCUT2D eigenvalue weighted by molar-refractivity contribution is 0.00572. The van der Waals surface area contributed by atoms with Crippen LogP contribution >= 0.6 is 11.3 Å². The number of β-amino-alcohol motifs (C(OH)–C–C–N with tert-alkyl or cyclic N) is 1. The zero-order valence-corrected chi connectivity index (χ0v) is 14.0. The topological polar surface area (TPSA) is 52.1 Å². The minimum atomic E-state index is -0.281. The van der Waals surface area contributed by atoms with Crippen LogP contribution in [0.1, 0.15) is 6.92 Å². The monoisotopic (exact) mass is 326 g/mol. The predicted molar refractivity (Wildman–Crippen MR) is 88.6 cm³/mol. The number of hydrogen-bond donors (Lipinski definition) is 1. The molecule has 124 valence electrons. The summed E-state index contributed by atoms with van der Waals surface area (Å²) in [5, 5.41) is 13.5. The van der Waals surface area contributed by atoms with Crippen molar-refractivity contribution in [2.24, 2.45) is 0 Å². The number of rotatable bonds is 5. The van der Waals surface area contributed by atoms with Crippen molar-refractivity contribution in [2.45, 2.75) is 19.1 Å². The molecule has 0 amide bonds. The summed E-state index contributed by atoms with van der Waals surface area (Å²) in [5.41, 5.74) is 0. The summed E-state index contributed by atoms with van der Waals surface area (Å²) >= 11 is 1.70. The van der Waals surface area contributed by atoms with Crippen molar-refractivity contribution in [3.05, 3.63) is 11.6 Å². The molecule has 2 saturated heterocycles. The summed E-state index contributed by atoms with van der Waals surface area (Å²) in [6, 6.07) is 0.440. The highest BCUT2D eigenvalue weighted by Gasteiger charge is 2.27. The number of ether oxygens (including phenoxy) is 1. The third-order valence-corrected chi connectivity index (χ3v) is 5.23. The highest BCUT2D eigenvalue weighted by molar-refractivity contribution is 7.13. The molecule has 0 bridgehead atoms. The van der Waals surface area contributed by atoms with Crippen LogP contribution in [0.2, 0.25) is 0 Å². The first-order chi connectivity index (χ1) is 10.7. The highest BCUT2D eigenvalue weighted by Crippen LogP contribution is 2.22. The Morgan fingerprint density at radius 3 is 2.73 bits per heavy atom. The van der Waals surface area contributed by atoms with Crippen LogP contribution in [0.15, 0.2) is 11.6 Å². The Labute approximate surface area is 136 Å². The van der Waals surface area contributed by atoms with E-state index in [4.69, 9.17) is 4.74 Å². The number of hydrogen-bond acceptors (Lipinski definition) is 7. The van der Waals surface area contributed by atoms with Crippen molar-refractivity contribution < 1.29 is 9.84 Å². The van der Waals surface area contributed by atoms with Crippen molar-refractivity contribution >= 4 is 16.5 Å². The first-order valence-corrected chi connectivity index (χ1v) is 8.97. The fraction of sp³-hybridized carbons (Fsp3) is 0.800. The first kappa shape index (κ1) is 16.1. The average molecular weight is 326 g/mol. The lowest BCUT2D eigenvalue weighted by Gasteiger charge is -2.40. The fourth-order valence-electron chi connectivity index (χ4n) is 3.28. The van der Waals surface area contributed by atoms with Gasteiger partial charge in [-0.2, -0.15) is 0 Å². The van der Waals surface area contributed by atoms with Gasteiger partial charge >= 0.3 is 0 Å². The molecule has 6 nitrogen and oxygen atoms in total. The molecular weight excluding hydrogens is 300 g/mol. The van der Waals surface area contributed by atoms with Crippen LogP contribution in [-0.2, 0) is 4.74 Å². The van der Waals surface area contributed by atoms with E-state index in [1.165, 1.54) is 0 Å². The largest absolute Gasteiger partial charge is 0.390 e. The fourth-order valence-corrected chi connectivity index (χ4v) is 4.05. The molecule has 0 aromatic carbocycles. The molecule has 0 unspecified atom stereocenters. The van der Waals surface area contributed by atoms with E-state index in [9.17, 15) is 5.11 Å². The Kier molecular flexibility index (Phi) is 5.65. The molecule has 0 aliphatic carbocycles. The van der Waals surface area contributed by atoms with E-state index in [0.717, 1.165) is 64.2 Å². The molecule has 0 spiro atoms. The summed E-state index contributed by atoms with van der Waals surface area (Å²) in [6.45, 7) is 10.2. The summed E-state index contributed by atoms with van der Waals surface area (Å²) in [5.74, 6) is 0. The van der Waals surface area contributed by atoms with E-state index in [2.05, 4.69) is 26.6 Å². The molecule has 2 aliphatic rings. The van der Waals surface area contributed by atoms with Crippen molar-refractivity contribution in [2.75, 3.05) is 63.9 Å². The summed E-state index contributed by atoms with van der Waals surface area (Å²) in [7, 11) is 0. The zero-order chi connectivity index (χ0) is 15.4. The second kappa shape index (κ2) is 7.70. The highest BCUT2D eigenvalue weighted by atomic mass is 32.1. The van der Waals surface area contributed by atoms with Gasteiger partial charge in [-0.05, 0) is 6.92 Å². The minimum absolute atomic E-state index is 0.281. The Hall–Kier alpha value is -0.730. The minimum Gasteiger partial charge on any atom is -0.390 e. The summed E-state index contributed by atoms with van der Waals surface area (Å²) < 4.78 is 5.35. The van der Waals surface area contributed by atoms with Gasteiger partial charge in [0.05, 0.1) is 19.3 Å². The molecule has 1 aromatic rings. The normalized spacial score (nSPS) is 26.3. The number of aliphatic hydroxyl groups is 1. The Morgan fingerprint density at radius 2 is 2.05 bits per heavy atom. The van der Waals surface area contributed by atoms with Gasteiger partial charge in [0.15, 0.2) is 5.13 Å². The zero-order valence-electron chi connectivity index (χ0n) is 13.2. The van der Waals surface area contributed by atoms with E-state index < -0.39 is 0 Å². The summed E-state index contributed by atoms with van der Waals surface area (Å²) in [6.07, 6.45) is 1.59. The molecule has 7 heteroatoms.